The van der Waals surface area contributed by atoms with Crippen LogP contribution in [0.3, 0.4) is 0 Å². The average molecular weight is 262 g/mol. The Morgan fingerprint density at radius 1 is 1.26 bits per heavy atom. The summed E-state index contributed by atoms with van der Waals surface area (Å²) in [6, 6.07) is 9.74. The van der Waals surface area contributed by atoms with Crippen molar-refractivity contribution in [2.75, 3.05) is 26.9 Å². The molecule has 0 saturated carbocycles. The maximum Gasteiger partial charge on any atom is 0.245 e. The second-order valence-corrected chi connectivity index (χ2v) is 4.86. The van der Waals surface area contributed by atoms with Gasteiger partial charge in [0.15, 0.2) is 0 Å². The molecule has 1 atom stereocenters. The lowest BCUT2D eigenvalue weighted by Gasteiger charge is -2.15. The number of nitrogens with zero attached hydrogens (tertiary/aromatic N) is 1. The van der Waals surface area contributed by atoms with Gasteiger partial charge >= 0.3 is 0 Å². The number of carbonyl (C=O) groups is 1. The number of nitrogens with one attached hydrogen (secondary N) is 1. The number of carbonyl (C=O) groups excluding carboxylic acids is 1. The van der Waals surface area contributed by atoms with Gasteiger partial charge in [-0.2, -0.15) is 0 Å². The highest BCUT2D eigenvalue weighted by molar-refractivity contribution is 5.85. The van der Waals surface area contributed by atoms with E-state index in [1.165, 1.54) is 0 Å². The maximum atomic E-state index is 12.3. The summed E-state index contributed by atoms with van der Waals surface area (Å²) in [7, 11) is 1.72. The first-order valence-electron chi connectivity index (χ1n) is 6.89. The summed E-state index contributed by atoms with van der Waals surface area (Å²) in [6.45, 7) is 2.29. The third kappa shape index (κ3) is 3.78. The normalized spacial score (nSPS) is 19.1. The molecule has 1 aliphatic heterocycles. The Bertz CT molecular complexity index is 394. The van der Waals surface area contributed by atoms with Gasteiger partial charge < -0.3 is 9.64 Å². The van der Waals surface area contributed by atoms with Gasteiger partial charge in [0.05, 0.1) is 6.67 Å². The van der Waals surface area contributed by atoms with Crippen LogP contribution in [0.4, 0.5) is 0 Å². The number of unbranched alkanes of at least 4 members (excludes halogenated alkanes) is 2. The summed E-state index contributed by atoms with van der Waals surface area (Å²) in [5.41, 5.74) is 1.05. The molecule has 0 radical (unpaired) electrons. The number of benzene rings is 1. The number of hydrogen-bond acceptors (Lipinski definition) is 3. The molecule has 1 aromatic rings. The number of rotatable bonds is 7. The number of hydrogen-bond donors (Lipinski definition) is 1. The first kappa shape index (κ1) is 14.0. The molecular weight excluding hydrogens is 240 g/mol. The lowest BCUT2D eigenvalue weighted by atomic mass is 10.1. The molecule has 1 saturated heterocycles. The van der Waals surface area contributed by atoms with Gasteiger partial charge in [0.25, 0.3) is 0 Å². The van der Waals surface area contributed by atoms with Gasteiger partial charge in [-0.3, -0.25) is 10.1 Å². The SMILES string of the molecule is COCCCCCN1CNC(c2ccccc2)C1=O. The minimum absolute atomic E-state index is 0.167. The van der Waals surface area contributed by atoms with Crippen molar-refractivity contribution in [2.45, 2.75) is 25.3 Å². The zero-order valence-electron chi connectivity index (χ0n) is 11.5. The molecule has 4 nitrogen and oxygen atoms in total. The van der Waals surface area contributed by atoms with Gasteiger partial charge in [-0.25, -0.2) is 0 Å². The van der Waals surface area contributed by atoms with Crippen molar-refractivity contribution in [3.05, 3.63) is 35.9 Å². The molecule has 1 aliphatic rings. The second kappa shape index (κ2) is 7.26. The second-order valence-electron chi connectivity index (χ2n) is 4.86. The Morgan fingerprint density at radius 3 is 2.79 bits per heavy atom. The summed E-state index contributed by atoms with van der Waals surface area (Å²) in [6.07, 6.45) is 3.21. The highest BCUT2D eigenvalue weighted by atomic mass is 16.5. The number of methoxy groups -OCH3 is 1. The lowest BCUT2D eigenvalue weighted by molar-refractivity contribution is -0.129. The van der Waals surface area contributed by atoms with Gasteiger partial charge in [0, 0.05) is 20.3 Å². The first-order valence-corrected chi connectivity index (χ1v) is 6.89. The standard InChI is InChI=1S/C15H22N2O2/c1-19-11-7-3-6-10-17-12-16-14(15(17)18)13-8-4-2-5-9-13/h2,4-5,8-9,14,16H,3,6-7,10-12H2,1H3. The van der Waals surface area contributed by atoms with Gasteiger partial charge in [-0.1, -0.05) is 30.3 Å². The van der Waals surface area contributed by atoms with Gasteiger partial charge in [-0.05, 0) is 24.8 Å². The van der Waals surface area contributed by atoms with Crippen molar-refractivity contribution in [2.24, 2.45) is 0 Å². The highest BCUT2D eigenvalue weighted by Gasteiger charge is 2.31. The third-order valence-corrected chi connectivity index (χ3v) is 3.45. The average Bonchev–Trinajstić information content (AvgIpc) is 2.81. The third-order valence-electron chi connectivity index (χ3n) is 3.45. The van der Waals surface area contributed by atoms with Crippen molar-refractivity contribution in [1.29, 1.82) is 0 Å². The van der Waals surface area contributed by atoms with Crippen LogP contribution in [-0.4, -0.2) is 37.7 Å². The molecule has 0 bridgehead atoms. The van der Waals surface area contributed by atoms with Gasteiger partial charge in [-0.15, -0.1) is 0 Å². The van der Waals surface area contributed by atoms with Crippen LogP contribution in [0.15, 0.2) is 30.3 Å². The molecule has 1 aromatic carbocycles. The molecule has 4 heteroatoms. The van der Waals surface area contributed by atoms with Crippen molar-refractivity contribution in [3.63, 3.8) is 0 Å². The quantitative estimate of drug-likeness (QED) is 0.763. The molecule has 1 unspecified atom stereocenters. The van der Waals surface area contributed by atoms with Crippen molar-refractivity contribution < 1.29 is 9.53 Å². The Kier molecular flexibility index (Phi) is 5.36. The minimum atomic E-state index is -0.167. The molecule has 104 valence electrons. The fourth-order valence-electron chi connectivity index (χ4n) is 2.37. The summed E-state index contributed by atoms with van der Waals surface area (Å²) >= 11 is 0. The van der Waals surface area contributed by atoms with Crippen LogP contribution in [0.25, 0.3) is 0 Å². The van der Waals surface area contributed by atoms with Crippen LogP contribution in [0.2, 0.25) is 0 Å². The Balaban J connectivity index is 1.78. The molecule has 1 heterocycles. The van der Waals surface area contributed by atoms with E-state index in [1.54, 1.807) is 7.11 Å². The Morgan fingerprint density at radius 2 is 2.05 bits per heavy atom. The molecule has 0 spiro atoms. The van der Waals surface area contributed by atoms with Crippen LogP contribution in [-0.2, 0) is 9.53 Å². The summed E-state index contributed by atoms with van der Waals surface area (Å²) < 4.78 is 5.02. The molecule has 1 amide bonds. The van der Waals surface area contributed by atoms with Crippen molar-refractivity contribution in [3.8, 4) is 0 Å². The predicted molar refractivity (Wildman–Crippen MR) is 74.6 cm³/mol. The maximum absolute atomic E-state index is 12.3. The van der Waals surface area contributed by atoms with Gasteiger partial charge in [0.2, 0.25) is 5.91 Å². The minimum Gasteiger partial charge on any atom is -0.385 e. The van der Waals surface area contributed by atoms with Crippen LogP contribution >= 0.6 is 0 Å². The highest BCUT2D eigenvalue weighted by Crippen LogP contribution is 2.20. The van der Waals surface area contributed by atoms with Crippen molar-refractivity contribution >= 4 is 5.91 Å². The van der Waals surface area contributed by atoms with Gasteiger partial charge in [0.1, 0.15) is 6.04 Å². The van der Waals surface area contributed by atoms with E-state index in [4.69, 9.17) is 4.74 Å². The predicted octanol–water partition coefficient (Wildman–Crippen LogP) is 1.93. The molecule has 0 aliphatic carbocycles. The van der Waals surface area contributed by atoms with Crippen LogP contribution in [0, 0.1) is 0 Å². The van der Waals surface area contributed by atoms with E-state index in [9.17, 15) is 4.79 Å². The fourth-order valence-corrected chi connectivity index (χ4v) is 2.37. The topological polar surface area (TPSA) is 41.6 Å². The zero-order valence-corrected chi connectivity index (χ0v) is 11.5. The van der Waals surface area contributed by atoms with Crippen LogP contribution < -0.4 is 5.32 Å². The Labute approximate surface area is 114 Å². The van der Waals surface area contributed by atoms with E-state index in [-0.39, 0.29) is 11.9 Å². The zero-order chi connectivity index (χ0) is 13.5. The van der Waals surface area contributed by atoms with Crippen LogP contribution in [0.5, 0.6) is 0 Å². The van der Waals surface area contributed by atoms with Crippen LogP contribution in [0.1, 0.15) is 30.9 Å². The molecular formula is C15H22N2O2. The van der Waals surface area contributed by atoms with E-state index in [0.717, 1.165) is 38.0 Å². The summed E-state index contributed by atoms with van der Waals surface area (Å²) in [5, 5.41) is 3.28. The molecule has 19 heavy (non-hydrogen) atoms. The van der Waals surface area contributed by atoms with Crippen molar-refractivity contribution in [1.82, 2.24) is 10.2 Å². The largest absolute Gasteiger partial charge is 0.385 e. The van der Waals surface area contributed by atoms with E-state index in [1.807, 2.05) is 35.2 Å². The van der Waals surface area contributed by atoms with E-state index in [0.29, 0.717) is 6.67 Å². The van der Waals surface area contributed by atoms with E-state index in [2.05, 4.69) is 5.32 Å². The summed E-state index contributed by atoms with van der Waals surface area (Å²) in [4.78, 5) is 14.2. The van der Waals surface area contributed by atoms with E-state index >= 15 is 0 Å². The lowest BCUT2D eigenvalue weighted by Crippen LogP contribution is -2.28. The Hall–Kier alpha value is -1.39. The van der Waals surface area contributed by atoms with E-state index < -0.39 is 0 Å². The molecule has 0 aromatic heterocycles. The molecule has 2 rings (SSSR count). The fraction of sp³-hybridized carbons (Fsp3) is 0.533. The smallest absolute Gasteiger partial charge is 0.245 e. The number of ether oxygens (including phenoxy) is 1. The first-order chi connectivity index (χ1) is 9.33. The monoisotopic (exact) mass is 262 g/mol. The molecule has 1 N–H and O–H groups in total. The number of amides is 1. The summed E-state index contributed by atoms with van der Waals surface area (Å²) in [5.74, 6) is 0.193. The molecule has 1 fully saturated rings.